The Kier molecular flexibility index (Phi) is 3.80. The van der Waals surface area contributed by atoms with Crippen LogP contribution >= 0.6 is 0 Å². The third-order valence-corrected chi connectivity index (χ3v) is 2.19. The van der Waals surface area contributed by atoms with Crippen LogP contribution in [0.1, 0.15) is 30.9 Å². The zero-order chi connectivity index (χ0) is 12.3. The summed E-state index contributed by atoms with van der Waals surface area (Å²) in [6.07, 6.45) is -4.66. The lowest BCUT2D eigenvalue weighted by molar-refractivity contribution is -0.274. The third-order valence-electron chi connectivity index (χ3n) is 2.19. The van der Waals surface area contributed by atoms with E-state index in [1.54, 1.807) is 6.07 Å². The molecule has 0 aliphatic rings. The van der Waals surface area contributed by atoms with Crippen LogP contribution < -0.4 is 10.5 Å². The average Bonchev–Trinajstić information content (AvgIpc) is 2.14. The van der Waals surface area contributed by atoms with Crippen LogP contribution in [0.2, 0.25) is 0 Å². The van der Waals surface area contributed by atoms with Gasteiger partial charge in [-0.05, 0) is 29.2 Å². The van der Waals surface area contributed by atoms with Gasteiger partial charge in [-0.15, -0.1) is 13.2 Å². The summed E-state index contributed by atoms with van der Waals surface area (Å²) in [6, 6.07) is 4.26. The van der Waals surface area contributed by atoms with E-state index in [0.717, 1.165) is 5.56 Å². The molecule has 0 atom stereocenters. The summed E-state index contributed by atoms with van der Waals surface area (Å²) in [5.41, 5.74) is 7.10. The first-order chi connectivity index (χ1) is 7.33. The van der Waals surface area contributed by atoms with Crippen molar-refractivity contribution in [1.29, 1.82) is 0 Å². The summed E-state index contributed by atoms with van der Waals surface area (Å²) >= 11 is 0. The molecule has 0 saturated carbocycles. The Hall–Kier alpha value is -1.23. The van der Waals surface area contributed by atoms with Crippen molar-refractivity contribution >= 4 is 0 Å². The van der Waals surface area contributed by atoms with Crippen molar-refractivity contribution in [3.8, 4) is 5.75 Å². The van der Waals surface area contributed by atoms with E-state index in [0.29, 0.717) is 5.56 Å². The van der Waals surface area contributed by atoms with E-state index < -0.39 is 6.36 Å². The molecule has 1 aromatic carbocycles. The van der Waals surface area contributed by atoms with Crippen molar-refractivity contribution in [2.45, 2.75) is 32.7 Å². The first kappa shape index (κ1) is 12.8. The van der Waals surface area contributed by atoms with Gasteiger partial charge in [-0.25, -0.2) is 0 Å². The highest BCUT2D eigenvalue weighted by atomic mass is 19.4. The minimum absolute atomic E-state index is 0.197. The SMILES string of the molecule is CC(C)c1ccc(OC(F)(F)F)cc1CN. The minimum atomic E-state index is -4.66. The smallest absolute Gasteiger partial charge is 0.406 e. The van der Waals surface area contributed by atoms with Crippen molar-refractivity contribution in [1.82, 2.24) is 0 Å². The Balaban J connectivity index is 3.00. The molecule has 0 saturated heterocycles. The molecule has 0 heterocycles. The van der Waals surface area contributed by atoms with Crippen molar-refractivity contribution in [3.63, 3.8) is 0 Å². The number of nitrogens with two attached hydrogens (primary N) is 1. The summed E-state index contributed by atoms with van der Waals surface area (Å²) in [5.74, 6) is -0.00385. The van der Waals surface area contributed by atoms with Crippen LogP contribution in [0, 0.1) is 0 Å². The molecule has 0 aliphatic carbocycles. The van der Waals surface area contributed by atoms with Gasteiger partial charge in [-0.3, -0.25) is 0 Å². The topological polar surface area (TPSA) is 35.2 Å². The fourth-order valence-corrected chi connectivity index (χ4v) is 1.52. The zero-order valence-corrected chi connectivity index (χ0v) is 9.14. The molecule has 2 nitrogen and oxygen atoms in total. The fraction of sp³-hybridized carbons (Fsp3) is 0.455. The number of ether oxygens (including phenoxy) is 1. The highest BCUT2D eigenvalue weighted by Gasteiger charge is 2.31. The maximum absolute atomic E-state index is 12.0. The van der Waals surface area contributed by atoms with Crippen LogP contribution in [0.5, 0.6) is 5.75 Å². The van der Waals surface area contributed by atoms with E-state index in [1.807, 2.05) is 13.8 Å². The molecular weight excluding hydrogens is 219 g/mol. The molecule has 0 amide bonds. The molecule has 0 bridgehead atoms. The highest BCUT2D eigenvalue weighted by molar-refractivity contribution is 5.37. The Morgan fingerprint density at radius 2 is 1.94 bits per heavy atom. The van der Waals surface area contributed by atoms with Gasteiger partial charge in [-0.2, -0.15) is 0 Å². The number of hydrogen-bond acceptors (Lipinski definition) is 2. The molecule has 0 radical (unpaired) electrons. The van der Waals surface area contributed by atoms with Crippen LogP contribution in [0.4, 0.5) is 13.2 Å². The normalized spacial score (nSPS) is 11.9. The fourth-order valence-electron chi connectivity index (χ4n) is 1.52. The average molecular weight is 233 g/mol. The van der Waals surface area contributed by atoms with Crippen LogP contribution in [-0.4, -0.2) is 6.36 Å². The Morgan fingerprint density at radius 1 is 1.31 bits per heavy atom. The van der Waals surface area contributed by atoms with Gasteiger partial charge in [-0.1, -0.05) is 19.9 Å². The van der Waals surface area contributed by atoms with E-state index in [1.165, 1.54) is 12.1 Å². The predicted octanol–water partition coefficient (Wildman–Crippen LogP) is 3.17. The molecule has 0 aliphatic heterocycles. The largest absolute Gasteiger partial charge is 0.573 e. The van der Waals surface area contributed by atoms with Crippen LogP contribution in [0.15, 0.2) is 18.2 Å². The summed E-state index contributed by atoms with van der Waals surface area (Å²) in [6.45, 7) is 4.11. The first-order valence-corrected chi connectivity index (χ1v) is 4.92. The standard InChI is InChI=1S/C11H14F3NO/c1-7(2)10-4-3-9(5-8(10)6-15)16-11(12,13)14/h3-5,7H,6,15H2,1-2H3. The number of benzene rings is 1. The number of halogens is 3. The van der Waals surface area contributed by atoms with Crippen molar-refractivity contribution in [2.24, 2.45) is 5.73 Å². The molecular formula is C11H14F3NO. The number of hydrogen-bond donors (Lipinski definition) is 1. The van der Waals surface area contributed by atoms with Crippen LogP contribution in [0.25, 0.3) is 0 Å². The highest BCUT2D eigenvalue weighted by Crippen LogP contribution is 2.27. The van der Waals surface area contributed by atoms with Crippen molar-refractivity contribution in [2.75, 3.05) is 0 Å². The zero-order valence-electron chi connectivity index (χ0n) is 9.14. The second kappa shape index (κ2) is 4.74. The number of alkyl halides is 3. The van der Waals surface area contributed by atoms with Gasteiger partial charge in [0.1, 0.15) is 5.75 Å². The van der Waals surface area contributed by atoms with Gasteiger partial charge in [0.15, 0.2) is 0 Å². The lowest BCUT2D eigenvalue weighted by Crippen LogP contribution is -2.17. The second-order valence-electron chi connectivity index (χ2n) is 3.77. The van der Waals surface area contributed by atoms with E-state index in [9.17, 15) is 13.2 Å². The van der Waals surface area contributed by atoms with Gasteiger partial charge in [0, 0.05) is 6.54 Å². The third kappa shape index (κ3) is 3.41. The van der Waals surface area contributed by atoms with Gasteiger partial charge >= 0.3 is 6.36 Å². The lowest BCUT2D eigenvalue weighted by Gasteiger charge is -2.14. The Morgan fingerprint density at radius 3 is 2.38 bits per heavy atom. The summed E-state index contributed by atoms with van der Waals surface area (Å²) < 4.78 is 39.8. The lowest BCUT2D eigenvalue weighted by atomic mass is 9.97. The Labute approximate surface area is 92.2 Å². The molecule has 5 heteroatoms. The predicted molar refractivity (Wildman–Crippen MR) is 55.1 cm³/mol. The molecule has 0 fully saturated rings. The minimum Gasteiger partial charge on any atom is -0.406 e. The molecule has 0 aromatic heterocycles. The Bertz CT molecular complexity index is 361. The van der Waals surface area contributed by atoms with E-state index in [4.69, 9.17) is 5.73 Å². The first-order valence-electron chi connectivity index (χ1n) is 4.92. The van der Waals surface area contributed by atoms with Gasteiger partial charge < -0.3 is 10.5 Å². The molecule has 0 spiro atoms. The summed E-state index contributed by atoms with van der Waals surface area (Å²) in [5, 5.41) is 0. The van der Waals surface area contributed by atoms with E-state index in [-0.39, 0.29) is 18.2 Å². The summed E-state index contributed by atoms with van der Waals surface area (Å²) in [7, 11) is 0. The summed E-state index contributed by atoms with van der Waals surface area (Å²) in [4.78, 5) is 0. The maximum Gasteiger partial charge on any atom is 0.573 e. The second-order valence-corrected chi connectivity index (χ2v) is 3.77. The monoisotopic (exact) mass is 233 g/mol. The van der Waals surface area contributed by atoms with Gasteiger partial charge in [0.25, 0.3) is 0 Å². The molecule has 1 aromatic rings. The molecule has 16 heavy (non-hydrogen) atoms. The van der Waals surface area contributed by atoms with Gasteiger partial charge in [0.2, 0.25) is 0 Å². The van der Waals surface area contributed by atoms with Gasteiger partial charge in [0.05, 0.1) is 0 Å². The quantitative estimate of drug-likeness (QED) is 0.870. The van der Waals surface area contributed by atoms with E-state index in [2.05, 4.69) is 4.74 Å². The number of rotatable bonds is 3. The van der Waals surface area contributed by atoms with Crippen molar-refractivity contribution < 1.29 is 17.9 Å². The molecule has 0 unspecified atom stereocenters. The molecule has 1 rings (SSSR count). The molecule has 90 valence electrons. The van der Waals surface area contributed by atoms with Crippen LogP contribution in [0.3, 0.4) is 0 Å². The van der Waals surface area contributed by atoms with Crippen LogP contribution in [-0.2, 0) is 6.54 Å². The molecule has 2 N–H and O–H groups in total. The van der Waals surface area contributed by atoms with E-state index >= 15 is 0 Å². The maximum atomic E-state index is 12.0. The van der Waals surface area contributed by atoms with Crippen molar-refractivity contribution in [3.05, 3.63) is 29.3 Å².